The molecule has 7 nitrogen and oxygen atoms in total. The number of carbonyl (C=O) groups is 2. The molecular weight excluding hydrogens is 461 g/mol. The molecule has 1 saturated heterocycles. The quantitative estimate of drug-likeness (QED) is 0.527. The molecule has 2 aromatic rings. The molecule has 186 valence electrons. The van der Waals surface area contributed by atoms with Crippen LogP contribution in [0.5, 0.6) is 0 Å². The van der Waals surface area contributed by atoms with Crippen LogP contribution in [-0.2, 0) is 20.5 Å². The van der Waals surface area contributed by atoms with Crippen molar-refractivity contribution in [2.24, 2.45) is 10.9 Å². The van der Waals surface area contributed by atoms with Gasteiger partial charge in [-0.15, -0.1) is 0 Å². The number of carbonyl (C=O) groups excluding carboxylic acids is 2. The molecule has 0 bridgehead atoms. The molecule has 4 rings (SSSR count). The Morgan fingerprint density at radius 1 is 1.09 bits per heavy atom. The van der Waals surface area contributed by atoms with Crippen LogP contribution in [0.25, 0.3) is 0 Å². The highest BCUT2D eigenvalue weighted by Crippen LogP contribution is 2.33. The van der Waals surface area contributed by atoms with Crippen LogP contribution in [0.2, 0.25) is 0 Å². The summed E-state index contributed by atoms with van der Waals surface area (Å²) in [6, 6.07) is 12.0. The average molecular weight is 489 g/mol. The number of aliphatic imine (C=N–C) groups is 1. The molecular formula is C25H27F3N4O3. The number of guanidine groups is 1. The van der Waals surface area contributed by atoms with E-state index in [-0.39, 0.29) is 6.61 Å². The van der Waals surface area contributed by atoms with Gasteiger partial charge in [-0.3, -0.25) is 14.9 Å². The predicted octanol–water partition coefficient (Wildman–Crippen LogP) is 3.54. The molecule has 2 aliphatic rings. The second-order valence-corrected chi connectivity index (χ2v) is 8.55. The van der Waals surface area contributed by atoms with Gasteiger partial charge in [-0.25, -0.2) is 4.99 Å². The summed E-state index contributed by atoms with van der Waals surface area (Å²) < 4.78 is 44.4. The lowest BCUT2D eigenvalue weighted by molar-refractivity contribution is -0.153. The lowest BCUT2D eigenvalue weighted by atomic mass is 9.91. The van der Waals surface area contributed by atoms with Crippen molar-refractivity contribution in [1.29, 1.82) is 0 Å². The molecule has 1 N–H and O–H groups in total. The van der Waals surface area contributed by atoms with Crippen LogP contribution in [-0.4, -0.2) is 55.5 Å². The number of aryl methyl sites for hydroxylation is 1. The van der Waals surface area contributed by atoms with Crippen molar-refractivity contribution in [3.63, 3.8) is 0 Å². The van der Waals surface area contributed by atoms with E-state index in [1.165, 1.54) is 6.07 Å². The number of halogens is 3. The molecule has 0 aliphatic carbocycles. The van der Waals surface area contributed by atoms with Crippen LogP contribution >= 0.6 is 0 Å². The Bertz CT molecular complexity index is 1110. The minimum Gasteiger partial charge on any atom is -0.465 e. The highest BCUT2D eigenvalue weighted by Gasteiger charge is 2.42. The molecule has 1 amide bonds. The van der Waals surface area contributed by atoms with Gasteiger partial charge in [0.25, 0.3) is 0 Å². The Labute approximate surface area is 201 Å². The predicted molar refractivity (Wildman–Crippen MR) is 125 cm³/mol. The summed E-state index contributed by atoms with van der Waals surface area (Å²) in [5.74, 6) is -1.87. The topological polar surface area (TPSA) is 74.2 Å². The normalized spacial score (nSPS) is 20.8. The molecule has 2 aromatic carbocycles. The number of ether oxygens (including phenoxy) is 1. The standard InChI is InChI=1S/C25H27F3N4O3/c1-3-35-23(34)20-21(17-9-7-16(2)8-10-17)29-24(30-22(20)33)32-13-11-31(12-14-32)19-6-4-5-18(15-19)25(26,27)28/h4-10,15,20-21H,3,11-14H2,1-2H3,(H,29,30,33)/t20-,21-/m1/s1. The largest absolute Gasteiger partial charge is 0.465 e. The smallest absolute Gasteiger partial charge is 0.416 e. The monoisotopic (exact) mass is 488 g/mol. The lowest BCUT2D eigenvalue weighted by Crippen LogP contribution is -2.57. The number of alkyl halides is 3. The zero-order valence-electron chi connectivity index (χ0n) is 19.5. The summed E-state index contributed by atoms with van der Waals surface area (Å²) in [5.41, 5.74) is 1.57. The molecule has 0 saturated carbocycles. The fraction of sp³-hybridized carbons (Fsp3) is 0.400. The number of hydrogen-bond donors (Lipinski definition) is 1. The van der Waals surface area contributed by atoms with E-state index in [0.717, 1.165) is 23.3 Å². The maximum Gasteiger partial charge on any atom is 0.416 e. The summed E-state index contributed by atoms with van der Waals surface area (Å²) in [6.45, 7) is 5.56. The van der Waals surface area contributed by atoms with Gasteiger partial charge in [0.15, 0.2) is 5.92 Å². The van der Waals surface area contributed by atoms with Crippen LogP contribution in [0.1, 0.15) is 29.7 Å². The highest BCUT2D eigenvalue weighted by atomic mass is 19.4. The first-order chi connectivity index (χ1) is 16.7. The van der Waals surface area contributed by atoms with Gasteiger partial charge in [-0.05, 0) is 37.6 Å². The van der Waals surface area contributed by atoms with E-state index in [1.807, 2.05) is 41.0 Å². The van der Waals surface area contributed by atoms with Gasteiger partial charge >= 0.3 is 12.1 Å². The van der Waals surface area contributed by atoms with Crippen molar-refractivity contribution >= 4 is 23.5 Å². The summed E-state index contributed by atoms with van der Waals surface area (Å²) in [7, 11) is 0. The van der Waals surface area contributed by atoms with E-state index >= 15 is 0 Å². The fourth-order valence-electron chi connectivity index (χ4n) is 4.28. The van der Waals surface area contributed by atoms with Crippen LogP contribution < -0.4 is 10.2 Å². The number of hydrogen-bond acceptors (Lipinski definition) is 6. The SMILES string of the molecule is CCOC(=O)[C@H]1C(=O)NC(N2CCN(c3cccc(C(F)(F)F)c3)CC2)=N[C@@H]1c1ccc(C)cc1. The number of piperazine rings is 1. The first-order valence-corrected chi connectivity index (χ1v) is 11.5. The average Bonchev–Trinajstić information content (AvgIpc) is 2.84. The molecule has 35 heavy (non-hydrogen) atoms. The van der Waals surface area contributed by atoms with Gasteiger partial charge in [-0.1, -0.05) is 35.9 Å². The number of esters is 1. The summed E-state index contributed by atoms with van der Waals surface area (Å²) >= 11 is 0. The van der Waals surface area contributed by atoms with Crippen molar-refractivity contribution < 1.29 is 27.5 Å². The van der Waals surface area contributed by atoms with E-state index in [9.17, 15) is 22.8 Å². The van der Waals surface area contributed by atoms with E-state index in [0.29, 0.717) is 37.8 Å². The minimum absolute atomic E-state index is 0.150. The van der Waals surface area contributed by atoms with Crippen LogP contribution in [0, 0.1) is 12.8 Å². The Balaban J connectivity index is 1.54. The van der Waals surface area contributed by atoms with Crippen LogP contribution in [0.3, 0.4) is 0 Å². The zero-order valence-corrected chi connectivity index (χ0v) is 19.5. The fourth-order valence-corrected chi connectivity index (χ4v) is 4.28. The minimum atomic E-state index is -4.40. The number of nitrogens with zero attached hydrogens (tertiary/aromatic N) is 3. The number of anilines is 1. The maximum atomic E-state index is 13.1. The lowest BCUT2D eigenvalue weighted by Gasteiger charge is -2.39. The Kier molecular flexibility index (Phi) is 7.00. The highest BCUT2D eigenvalue weighted by molar-refractivity contribution is 6.08. The summed E-state index contributed by atoms with van der Waals surface area (Å²) in [5, 5.41) is 2.74. The van der Waals surface area contributed by atoms with Gasteiger partial charge in [0.05, 0.1) is 12.2 Å². The molecule has 0 spiro atoms. The summed E-state index contributed by atoms with van der Waals surface area (Å²) in [4.78, 5) is 34.1. The number of amides is 1. The number of rotatable bonds is 4. The molecule has 2 heterocycles. The van der Waals surface area contributed by atoms with E-state index < -0.39 is 35.6 Å². The van der Waals surface area contributed by atoms with Crippen molar-refractivity contribution in [2.45, 2.75) is 26.1 Å². The zero-order chi connectivity index (χ0) is 25.2. The van der Waals surface area contributed by atoms with E-state index in [2.05, 4.69) is 5.32 Å². The maximum absolute atomic E-state index is 13.1. The van der Waals surface area contributed by atoms with Gasteiger partial charge in [0, 0.05) is 31.9 Å². The second kappa shape index (κ2) is 9.97. The molecule has 1 fully saturated rings. The Hall–Kier alpha value is -3.56. The first kappa shape index (κ1) is 24.6. The van der Waals surface area contributed by atoms with E-state index in [4.69, 9.17) is 9.73 Å². The van der Waals surface area contributed by atoms with E-state index in [1.54, 1.807) is 13.0 Å². The van der Waals surface area contributed by atoms with Crippen LogP contribution in [0.4, 0.5) is 18.9 Å². The molecule has 10 heteroatoms. The number of nitrogens with one attached hydrogen (secondary N) is 1. The third kappa shape index (κ3) is 5.41. The Morgan fingerprint density at radius 2 is 1.74 bits per heavy atom. The van der Waals surface area contributed by atoms with Crippen molar-refractivity contribution in [3.05, 3.63) is 65.2 Å². The summed E-state index contributed by atoms with van der Waals surface area (Å²) in [6.07, 6.45) is -4.40. The third-order valence-electron chi connectivity index (χ3n) is 6.17. The van der Waals surface area contributed by atoms with Crippen molar-refractivity contribution in [3.8, 4) is 0 Å². The molecule has 0 aromatic heterocycles. The van der Waals surface area contributed by atoms with Gasteiger partial charge in [-0.2, -0.15) is 13.2 Å². The first-order valence-electron chi connectivity index (χ1n) is 11.5. The van der Waals surface area contributed by atoms with Crippen molar-refractivity contribution in [2.75, 3.05) is 37.7 Å². The van der Waals surface area contributed by atoms with Crippen LogP contribution in [0.15, 0.2) is 53.5 Å². The Morgan fingerprint density at radius 3 is 2.37 bits per heavy atom. The second-order valence-electron chi connectivity index (χ2n) is 8.55. The molecule has 0 unspecified atom stereocenters. The van der Waals surface area contributed by atoms with Crippen molar-refractivity contribution in [1.82, 2.24) is 10.2 Å². The van der Waals surface area contributed by atoms with Gasteiger partial charge < -0.3 is 14.5 Å². The molecule has 0 radical (unpaired) electrons. The van der Waals surface area contributed by atoms with Gasteiger partial charge in [0.2, 0.25) is 11.9 Å². The molecule has 2 aliphatic heterocycles. The molecule has 2 atom stereocenters. The van der Waals surface area contributed by atoms with Gasteiger partial charge in [0.1, 0.15) is 6.04 Å². The number of benzene rings is 2. The third-order valence-corrected chi connectivity index (χ3v) is 6.17.